The lowest BCUT2D eigenvalue weighted by atomic mass is 9.85. The van der Waals surface area contributed by atoms with Gasteiger partial charge in [0.05, 0.1) is 0 Å². The summed E-state index contributed by atoms with van der Waals surface area (Å²) in [6, 6.07) is 8.31. The molecule has 18 heavy (non-hydrogen) atoms. The van der Waals surface area contributed by atoms with Crippen molar-refractivity contribution in [1.29, 1.82) is 0 Å². The Morgan fingerprint density at radius 2 is 2.06 bits per heavy atom. The van der Waals surface area contributed by atoms with Gasteiger partial charge in [-0.15, -0.1) is 0 Å². The van der Waals surface area contributed by atoms with Gasteiger partial charge >= 0.3 is 0 Å². The van der Waals surface area contributed by atoms with E-state index in [0.717, 1.165) is 11.1 Å². The van der Waals surface area contributed by atoms with Gasteiger partial charge < -0.3 is 14.8 Å². The Morgan fingerprint density at radius 1 is 1.33 bits per heavy atom. The van der Waals surface area contributed by atoms with Gasteiger partial charge in [-0.05, 0) is 24.0 Å². The first-order valence-corrected chi connectivity index (χ1v) is 6.23. The number of hydrogen-bond acceptors (Lipinski definition) is 4. The molecule has 1 unspecified atom stereocenters. The summed E-state index contributed by atoms with van der Waals surface area (Å²) in [7, 11) is 0. The number of fused-ring (bicyclic) bond motifs is 1. The standard InChI is InChI=1S/C14H20N2O2/c1-14(2,3)12(8-9-17)16-13-15-10-6-4-5-7-11(10)18-13/h4-7,12,17H,8-9H2,1-3H3,(H,15,16). The number of hydrogen-bond donors (Lipinski definition) is 2. The molecule has 0 amide bonds. The minimum atomic E-state index is 0.0311. The summed E-state index contributed by atoms with van der Waals surface area (Å²) >= 11 is 0. The number of nitrogens with zero attached hydrogens (tertiary/aromatic N) is 1. The van der Waals surface area contributed by atoms with Crippen LogP contribution >= 0.6 is 0 Å². The number of aliphatic hydroxyl groups is 1. The van der Waals surface area contributed by atoms with E-state index < -0.39 is 0 Å². The minimum absolute atomic E-state index is 0.0311. The molecule has 1 aromatic heterocycles. The van der Waals surface area contributed by atoms with Crippen LogP contribution in [0.4, 0.5) is 6.01 Å². The zero-order valence-electron chi connectivity index (χ0n) is 11.1. The number of nitrogens with one attached hydrogen (secondary N) is 1. The fourth-order valence-electron chi connectivity index (χ4n) is 1.93. The molecule has 2 aromatic rings. The van der Waals surface area contributed by atoms with Gasteiger partial charge in [-0.25, -0.2) is 0 Å². The smallest absolute Gasteiger partial charge is 0.295 e. The molecule has 98 valence electrons. The number of oxazole rings is 1. The first-order chi connectivity index (χ1) is 8.50. The second-order valence-corrected chi connectivity index (χ2v) is 5.56. The van der Waals surface area contributed by atoms with Crippen LogP contribution in [0, 0.1) is 5.41 Å². The number of aromatic nitrogens is 1. The first kappa shape index (κ1) is 12.9. The molecule has 0 bridgehead atoms. The van der Waals surface area contributed by atoms with Gasteiger partial charge in [0.2, 0.25) is 0 Å². The summed E-state index contributed by atoms with van der Waals surface area (Å²) in [6.07, 6.45) is 0.669. The van der Waals surface area contributed by atoms with E-state index in [-0.39, 0.29) is 18.1 Å². The van der Waals surface area contributed by atoms with Gasteiger partial charge in [-0.2, -0.15) is 4.98 Å². The van der Waals surface area contributed by atoms with Crippen molar-refractivity contribution < 1.29 is 9.52 Å². The average molecular weight is 248 g/mol. The number of aliphatic hydroxyl groups excluding tert-OH is 1. The van der Waals surface area contributed by atoms with E-state index in [1.165, 1.54) is 0 Å². The van der Waals surface area contributed by atoms with Crippen LogP contribution in [0.3, 0.4) is 0 Å². The average Bonchev–Trinajstić information content (AvgIpc) is 2.69. The van der Waals surface area contributed by atoms with E-state index in [9.17, 15) is 0 Å². The zero-order valence-corrected chi connectivity index (χ0v) is 11.1. The van der Waals surface area contributed by atoms with Gasteiger partial charge in [0.1, 0.15) is 5.52 Å². The molecule has 2 rings (SSSR count). The fraction of sp³-hybridized carbons (Fsp3) is 0.500. The third-order valence-electron chi connectivity index (χ3n) is 3.05. The highest BCUT2D eigenvalue weighted by Crippen LogP contribution is 2.26. The van der Waals surface area contributed by atoms with Crippen LogP contribution < -0.4 is 5.32 Å². The highest BCUT2D eigenvalue weighted by Gasteiger charge is 2.25. The highest BCUT2D eigenvalue weighted by molar-refractivity contribution is 5.74. The Hall–Kier alpha value is -1.55. The van der Waals surface area contributed by atoms with Crippen molar-refractivity contribution in [3.05, 3.63) is 24.3 Å². The van der Waals surface area contributed by atoms with Crippen LogP contribution in [-0.4, -0.2) is 22.7 Å². The molecular weight excluding hydrogens is 228 g/mol. The largest absolute Gasteiger partial charge is 0.424 e. The van der Waals surface area contributed by atoms with Crippen LogP contribution in [0.15, 0.2) is 28.7 Å². The molecule has 1 heterocycles. The van der Waals surface area contributed by atoms with Crippen LogP contribution in [-0.2, 0) is 0 Å². The molecule has 1 aromatic carbocycles. The summed E-state index contributed by atoms with van der Waals surface area (Å²) < 4.78 is 5.64. The number of para-hydroxylation sites is 2. The maximum Gasteiger partial charge on any atom is 0.295 e. The number of benzene rings is 1. The lowest BCUT2D eigenvalue weighted by Gasteiger charge is -2.30. The minimum Gasteiger partial charge on any atom is -0.424 e. The van der Waals surface area contributed by atoms with E-state index in [2.05, 4.69) is 31.1 Å². The summed E-state index contributed by atoms with van der Waals surface area (Å²) in [4.78, 5) is 4.39. The van der Waals surface area contributed by atoms with E-state index in [4.69, 9.17) is 9.52 Å². The van der Waals surface area contributed by atoms with Crippen LogP contribution in [0.1, 0.15) is 27.2 Å². The van der Waals surface area contributed by atoms with E-state index in [1.807, 2.05) is 24.3 Å². The topological polar surface area (TPSA) is 58.3 Å². The summed E-state index contributed by atoms with van der Waals surface area (Å²) in [5.74, 6) is 0. The SMILES string of the molecule is CC(C)(C)C(CCO)Nc1nc2ccccc2o1. The molecule has 0 aliphatic heterocycles. The van der Waals surface area contributed by atoms with Crippen molar-refractivity contribution >= 4 is 17.1 Å². The number of anilines is 1. The van der Waals surface area contributed by atoms with E-state index in [0.29, 0.717) is 12.4 Å². The summed E-state index contributed by atoms with van der Waals surface area (Å²) in [6.45, 7) is 6.53. The van der Waals surface area contributed by atoms with Gasteiger partial charge in [0, 0.05) is 12.6 Å². The normalized spacial score (nSPS) is 13.8. The lowest BCUT2D eigenvalue weighted by Crippen LogP contribution is -2.34. The monoisotopic (exact) mass is 248 g/mol. The lowest BCUT2D eigenvalue weighted by molar-refractivity contribution is 0.233. The molecule has 0 aliphatic carbocycles. The fourth-order valence-corrected chi connectivity index (χ4v) is 1.93. The van der Waals surface area contributed by atoms with E-state index >= 15 is 0 Å². The maximum atomic E-state index is 9.13. The van der Waals surface area contributed by atoms with Crippen molar-refractivity contribution in [3.8, 4) is 0 Å². The van der Waals surface area contributed by atoms with Crippen LogP contribution in [0.2, 0.25) is 0 Å². The Morgan fingerprint density at radius 3 is 2.67 bits per heavy atom. The Labute approximate surface area is 107 Å². The Bertz CT molecular complexity index is 481. The van der Waals surface area contributed by atoms with E-state index in [1.54, 1.807) is 0 Å². The first-order valence-electron chi connectivity index (χ1n) is 6.23. The molecule has 0 saturated heterocycles. The van der Waals surface area contributed by atoms with Crippen molar-refractivity contribution in [2.45, 2.75) is 33.2 Å². The molecule has 2 N–H and O–H groups in total. The molecule has 0 radical (unpaired) electrons. The molecule has 0 aliphatic rings. The molecule has 4 heteroatoms. The summed E-state index contributed by atoms with van der Waals surface area (Å²) in [5.41, 5.74) is 1.65. The molecule has 0 spiro atoms. The Balaban J connectivity index is 2.20. The van der Waals surface area contributed by atoms with Crippen molar-refractivity contribution in [1.82, 2.24) is 4.98 Å². The van der Waals surface area contributed by atoms with Crippen molar-refractivity contribution in [2.24, 2.45) is 5.41 Å². The quantitative estimate of drug-likeness (QED) is 0.873. The molecule has 0 fully saturated rings. The zero-order chi connectivity index (χ0) is 13.2. The van der Waals surface area contributed by atoms with Gasteiger partial charge in [0.25, 0.3) is 6.01 Å². The van der Waals surface area contributed by atoms with Gasteiger partial charge in [-0.1, -0.05) is 32.9 Å². The number of rotatable bonds is 4. The van der Waals surface area contributed by atoms with Gasteiger partial charge in [0.15, 0.2) is 5.58 Å². The van der Waals surface area contributed by atoms with Gasteiger partial charge in [-0.3, -0.25) is 0 Å². The predicted octanol–water partition coefficient (Wildman–Crippen LogP) is 3.04. The third-order valence-corrected chi connectivity index (χ3v) is 3.05. The molecular formula is C14H20N2O2. The van der Waals surface area contributed by atoms with Crippen molar-refractivity contribution in [2.75, 3.05) is 11.9 Å². The molecule has 0 saturated carbocycles. The second kappa shape index (κ2) is 4.98. The predicted molar refractivity (Wildman–Crippen MR) is 72.6 cm³/mol. The van der Waals surface area contributed by atoms with Crippen molar-refractivity contribution in [3.63, 3.8) is 0 Å². The highest BCUT2D eigenvalue weighted by atomic mass is 16.4. The van der Waals surface area contributed by atoms with Crippen LogP contribution in [0.5, 0.6) is 0 Å². The second-order valence-electron chi connectivity index (χ2n) is 5.56. The van der Waals surface area contributed by atoms with Crippen LogP contribution in [0.25, 0.3) is 11.1 Å². The Kier molecular flexibility index (Phi) is 3.57. The summed E-state index contributed by atoms with van der Waals surface area (Å²) in [5, 5.41) is 12.4. The maximum absolute atomic E-state index is 9.13. The molecule has 1 atom stereocenters. The third kappa shape index (κ3) is 2.82. The molecule has 4 nitrogen and oxygen atoms in total.